The second kappa shape index (κ2) is 7.71. The highest BCUT2D eigenvalue weighted by atomic mass is 32.2. The summed E-state index contributed by atoms with van der Waals surface area (Å²) in [7, 11) is -6.35. The summed E-state index contributed by atoms with van der Waals surface area (Å²) in [5.41, 5.74) is 0.164. The van der Waals surface area contributed by atoms with Crippen molar-refractivity contribution in [2.24, 2.45) is 11.8 Å². The maximum Gasteiger partial charge on any atom is 0.368 e. The quantitative estimate of drug-likeness (QED) is 0.301. The number of hydrogen-bond acceptors (Lipinski definition) is 10. The Balaban J connectivity index is 1.48. The first-order valence-electron chi connectivity index (χ1n) is 9.19. The lowest BCUT2D eigenvalue weighted by molar-refractivity contribution is -0.159. The molecule has 3 fully saturated rings. The molecule has 3 saturated heterocycles. The first kappa shape index (κ1) is 22.5. The second-order valence-electron chi connectivity index (χ2n) is 7.37. The lowest BCUT2D eigenvalue weighted by atomic mass is 9.78. The molecule has 0 saturated carbocycles. The molecule has 3 aliphatic heterocycles. The number of esters is 3. The van der Waals surface area contributed by atoms with Gasteiger partial charge in [-0.05, 0) is 12.1 Å². The molecular weight excluding hydrogens is 465 g/mol. The minimum Gasteiger partial charge on any atom is -0.743 e. The van der Waals surface area contributed by atoms with Gasteiger partial charge < -0.3 is 23.5 Å². The Labute approximate surface area is 178 Å². The summed E-state index contributed by atoms with van der Waals surface area (Å²) in [6.07, 6.45) is -8.09. The van der Waals surface area contributed by atoms with Gasteiger partial charge in [-0.25, -0.2) is 17.6 Å². The van der Waals surface area contributed by atoms with Crippen LogP contribution in [-0.2, 0) is 38.7 Å². The van der Waals surface area contributed by atoms with Crippen molar-refractivity contribution in [1.82, 2.24) is 0 Å². The van der Waals surface area contributed by atoms with Gasteiger partial charge in [-0.3, -0.25) is 9.59 Å². The minimum atomic E-state index is -6.35. The van der Waals surface area contributed by atoms with Gasteiger partial charge in [0.1, 0.15) is 30.7 Å². The molecule has 0 aliphatic carbocycles. The molecule has 4 rings (SSSR count). The fraction of sp³-hybridized carbons (Fsp3) is 0.500. The van der Waals surface area contributed by atoms with Crippen molar-refractivity contribution in [3.05, 3.63) is 35.9 Å². The fourth-order valence-corrected chi connectivity index (χ4v) is 4.39. The van der Waals surface area contributed by atoms with E-state index in [1.807, 2.05) is 0 Å². The molecule has 1 aromatic carbocycles. The third-order valence-electron chi connectivity index (χ3n) is 5.50. The second-order valence-corrected chi connectivity index (χ2v) is 8.82. The molecule has 7 atom stereocenters. The topological polar surface area (TPSA) is 145 Å². The fourth-order valence-electron chi connectivity index (χ4n) is 4.01. The van der Waals surface area contributed by atoms with E-state index in [1.54, 1.807) is 18.2 Å². The maximum atomic E-state index is 13.6. The number of hydrogen-bond donors (Lipinski definition) is 0. The Morgan fingerprint density at radius 2 is 1.81 bits per heavy atom. The summed E-state index contributed by atoms with van der Waals surface area (Å²) in [4.78, 5) is 37.0. The van der Waals surface area contributed by atoms with Crippen LogP contribution < -0.4 is 0 Å². The number of benzene rings is 1. The Morgan fingerprint density at radius 3 is 2.44 bits per heavy atom. The molecule has 0 radical (unpaired) electrons. The van der Waals surface area contributed by atoms with E-state index in [4.69, 9.17) is 14.2 Å². The molecule has 14 heteroatoms. The number of halogens is 3. The molecule has 3 heterocycles. The summed E-state index contributed by atoms with van der Waals surface area (Å²) in [5.74, 6) is -5.74. The third-order valence-corrected chi connectivity index (χ3v) is 6.42. The van der Waals surface area contributed by atoms with Crippen molar-refractivity contribution in [2.45, 2.75) is 35.8 Å². The van der Waals surface area contributed by atoms with Crippen LogP contribution in [0, 0.1) is 11.8 Å². The van der Waals surface area contributed by atoms with E-state index < -0.39 is 82.3 Å². The highest BCUT2D eigenvalue weighted by Gasteiger charge is 2.72. The number of rotatable bonds is 7. The summed E-state index contributed by atoms with van der Waals surface area (Å²) >= 11 is 0. The molecule has 7 unspecified atom stereocenters. The normalized spacial score (nSPS) is 31.8. The van der Waals surface area contributed by atoms with Crippen LogP contribution in [0.15, 0.2) is 30.3 Å². The Bertz CT molecular complexity index is 1050. The lowest BCUT2D eigenvalue weighted by Crippen LogP contribution is -2.48. The van der Waals surface area contributed by atoms with Crippen LogP contribution in [0.3, 0.4) is 0 Å². The van der Waals surface area contributed by atoms with Gasteiger partial charge in [-0.15, -0.1) is 0 Å². The SMILES string of the molecule is O=C(OC1C2OC(=O)C3C2OC1C3C(=O)OCC(F)C(F)(F)S(=O)(=O)[O-])c1ccccc1. The monoisotopic (exact) mass is 479 g/mol. The Hall–Kier alpha value is -2.71. The zero-order chi connectivity index (χ0) is 23.4. The average molecular weight is 479 g/mol. The minimum absolute atomic E-state index is 0.164. The standard InChI is InChI=1S/C18H15F3O10S/c19-8(18(20,21)32(25,26)27)6-28-16(23)9-10-12-14(31-17(10)24)13(11(9)29-12)30-15(22)7-4-2-1-3-5-7/h1-5,8-14H,6H2,(H,25,26,27)/p-1. The molecule has 0 spiro atoms. The summed E-state index contributed by atoms with van der Waals surface area (Å²) < 4.78 is 92.1. The van der Waals surface area contributed by atoms with Gasteiger partial charge in [0, 0.05) is 0 Å². The maximum absolute atomic E-state index is 13.6. The zero-order valence-corrected chi connectivity index (χ0v) is 16.6. The number of carbonyl (C=O) groups is 3. The molecule has 1 aromatic rings. The van der Waals surface area contributed by atoms with Crippen molar-refractivity contribution in [3.63, 3.8) is 0 Å². The molecule has 0 N–H and O–H groups in total. The van der Waals surface area contributed by atoms with Crippen molar-refractivity contribution in [3.8, 4) is 0 Å². The summed E-state index contributed by atoms with van der Waals surface area (Å²) in [6.45, 7) is -1.76. The van der Waals surface area contributed by atoms with Crippen molar-refractivity contribution < 1.29 is 59.5 Å². The van der Waals surface area contributed by atoms with Crippen LogP contribution in [0.4, 0.5) is 13.2 Å². The highest BCUT2D eigenvalue weighted by molar-refractivity contribution is 7.86. The van der Waals surface area contributed by atoms with Crippen LogP contribution in [0.2, 0.25) is 0 Å². The molecule has 32 heavy (non-hydrogen) atoms. The third kappa shape index (κ3) is 3.51. The van der Waals surface area contributed by atoms with Crippen LogP contribution in [-0.4, -0.2) is 73.3 Å². The van der Waals surface area contributed by atoms with E-state index >= 15 is 0 Å². The summed E-state index contributed by atoms with van der Waals surface area (Å²) in [5, 5.41) is -5.33. The van der Waals surface area contributed by atoms with Gasteiger partial charge in [0.2, 0.25) is 6.17 Å². The van der Waals surface area contributed by atoms with Crippen molar-refractivity contribution in [2.75, 3.05) is 6.61 Å². The van der Waals surface area contributed by atoms with E-state index in [-0.39, 0.29) is 5.56 Å². The van der Waals surface area contributed by atoms with Gasteiger partial charge in [0.25, 0.3) is 0 Å². The van der Waals surface area contributed by atoms with Crippen LogP contribution in [0.1, 0.15) is 10.4 Å². The number of alkyl halides is 3. The van der Waals surface area contributed by atoms with Crippen molar-refractivity contribution >= 4 is 28.0 Å². The van der Waals surface area contributed by atoms with Gasteiger partial charge in [0.15, 0.2) is 22.3 Å². The molecule has 0 aromatic heterocycles. The largest absolute Gasteiger partial charge is 0.743 e. The Morgan fingerprint density at radius 1 is 1.16 bits per heavy atom. The van der Waals surface area contributed by atoms with E-state index in [9.17, 15) is 40.5 Å². The molecule has 0 amide bonds. The number of fused-ring (bicyclic) bond motifs is 1. The smallest absolute Gasteiger partial charge is 0.368 e. The van der Waals surface area contributed by atoms with E-state index in [1.165, 1.54) is 12.1 Å². The molecule has 10 nitrogen and oxygen atoms in total. The lowest BCUT2D eigenvalue weighted by Gasteiger charge is -2.28. The van der Waals surface area contributed by atoms with Crippen LogP contribution in [0.25, 0.3) is 0 Å². The number of ether oxygens (including phenoxy) is 4. The van der Waals surface area contributed by atoms with Gasteiger partial charge in [-0.1, -0.05) is 18.2 Å². The predicted octanol–water partition coefficient (Wildman–Crippen LogP) is 0.170. The highest BCUT2D eigenvalue weighted by Crippen LogP contribution is 2.51. The Kier molecular flexibility index (Phi) is 5.41. The van der Waals surface area contributed by atoms with Gasteiger partial charge in [0.05, 0.1) is 5.56 Å². The zero-order valence-electron chi connectivity index (χ0n) is 15.8. The molecular formula is C18H14F3O10S-. The van der Waals surface area contributed by atoms with E-state index in [2.05, 4.69) is 4.74 Å². The van der Waals surface area contributed by atoms with Crippen molar-refractivity contribution in [1.29, 1.82) is 0 Å². The molecule has 3 aliphatic rings. The molecule has 2 bridgehead atoms. The van der Waals surface area contributed by atoms with E-state index in [0.717, 1.165) is 0 Å². The van der Waals surface area contributed by atoms with Gasteiger partial charge >= 0.3 is 23.2 Å². The first-order chi connectivity index (χ1) is 14.9. The van der Waals surface area contributed by atoms with E-state index in [0.29, 0.717) is 0 Å². The molecule has 174 valence electrons. The summed E-state index contributed by atoms with van der Waals surface area (Å²) in [6, 6.07) is 7.72. The predicted molar refractivity (Wildman–Crippen MR) is 91.7 cm³/mol. The van der Waals surface area contributed by atoms with Crippen LogP contribution >= 0.6 is 0 Å². The van der Waals surface area contributed by atoms with Crippen LogP contribution in [0.5, 0.6) is 0 Å². The number of carbonyl (C=O) groups excluding carboxylic acids is 3. The first-order valence-corrected chi connectivity index (χ1v) is 10.6. The van der Waals surface area contributed by atoms with Gasteiger partial charge in [-0.2, -0.15) is 8.78 Å². The average Bonchev–Trinajstić information content (AvgIpc) is 3.35.